The molecule has 0 unspecified atom stereocenters. The Kier molecular flexibility index (Phi) is 9.52. The highest BCUT2D eigenvalue weighted by Gasteiger charge is 2.23. The Hall–Kier alpha value is -6.04. The summed E-state index contributed by atoms with van der Waals surface area (Å²) >= 11 is 0. The number of ether oxygens (including phenoxy) is 2. The van der Waals surface area contributed by atoms with Gasteiger partial charge in [-0.15, -0.1) is 0 Å². The van der Waals surface area contributed by atoms with Gasteiger partial charge in [0.1, 0.15) is 25.0 Å². The number of H-pyrrole nitrogens is 1. The molecule has 4 aromatic carbocycles. The predicted molar refractivity (Wildman–Crippen MR) is 163 cm³/mol. The number of hydrogen-bond acceptors (Lipinski definition) is 8. The van der Waals surface area contributed by atoms with Crippen molar-refractivity contribution in [3.8, 4) is 5.75 Å². The van der Waals surface area contributed by atoms with E-state index in [0.717, 1.165) is 21.9 Å². The summed E-state index contributed by atoms with van der Waals surface area (Å²) in [7, 11) is 0. The molecule has 222 valence electrons. The normalized spacial score (nSPS) is 11.6. The smallest absolute Gasteiger partial charge is 0.408 e. The maximum atomic E-state index is 13.2. The first-order chi connectivity index (χ1) is 21.5. The molecule has 44 heavy (non-hydrogen) atoms. The van der Waals surface area contributed by atoms with Crippen LogP contribution in [0.5, 0.6) is 5.75 Å². The molecule has 12 nitrogen and oxygen atoms in total. The van der Waals surface area contributed by atoms with Crippen LogP contribution >= 0.6 is 0 Å². The molecule has 1 atom stereocenters. The molecular weight excluding hydrogens is 564 g/mol. The van der Waals surface area contributed by atoms with Crippen molar-refractivity contribution in [2.45, 2.75) is 25.7 Å². The topological polar surface area (TPSA) is 161 Å². The molecule has 1 aromatic heterocycles. The molecule has 0 fully saturated rings. The van der Waals surface area contributed by atoms with Gasteiger partial charge in [-0.2, -0.15) is 5.10 Å². The van der Waals surface area contributed by atoms with Crippen molar-refractivity contribution < 1.29 is 24.0 Å². The molecular formula is C32H28N6O6. The molecule has 0 aliphatic rings. The number of benzene rings is 4. The lowest BCUT2D eigenvalue weighted by atomic mass is 10.0. The van der Waals surface area contributed by atoms with Crippen LogP contribution in [0.3, 0.4) is 0 Å². The van der Waals surface area contributed by atoms with Gasteiger partial charge in [0.05, 0.1) is 17.5 Å². The lowest BCUT2D eigenvalue weighted by Gasteiger charge is -2.16. The number of carbonyl (C=O) groups excluding carboxylic acids is 2. The van der Waals surface area contributed by atoms with Crippen LogP contribution < -0.4 is 15.5 Å². The zero-order valence-corrected chi connectivity index (χ0v) is 23.4. The van der Waals surface area contributed by atoms with Gasteiger partial charge in [0.2, 0.25) is 0 Å². The largest absolute Gasteiger partial charge is 0.488 e. The van der Waals surface area contributed by atoms with E-state index in [1.54, 1.807) is 24.4 Å². The number of alkyl carbamates (subject to hydrolysis) is 1. The van der Waals surface area contributed by atoms with Crippen molar-refractivity contribution in [3.05, 3.63) is 136 Å². The molecule has 3 N–H and O–H groups in total. The number of nitrogens with one attached hydrogen (secondary N) is 3. The third kappa shape index (κ3) is 7.82. The predicted octanol–water partition coefficient (Wildman–Crippen LogP) is 5.04. The molecule has 0 saturated heterocycles. The maximum absolute atomic E-state index is 13.2. The second-order valence-corrected chi connectivity index (χ2v) is 9.68. The van der Waals surface area contributed by atoms with Gasteiger partial charge in [0, 0.05) is 36.0 Å². The van der Waals surface area contributed by atoms with Gasteiger partial charge >= 0.3 is 6.09 Å². The van der Waals surface area contributed by atoms with Crippen LogP contribution in [0.15, 0.2) is 109 Å². The van der Waals surface area contributed by atoms with Crippen molar-refractivity contribution >= 4 is 34.7 Å². The molecule has 1 heterocycles. The lowest BCUT2D eigenvalue weighted by Crippen LogP contribution is -2.47. The monoisotopic (exact) mass is 592 g/mol. The first kappa shape index (κ1) is 29.5. The van der Waals surface area contributed by atoms with E-state index in [4.69, 9.17) is 9.47 Å². The minimum absolute atomic E-state index is 0.00667. The van der Waals surface area contributed by atoms with Crippen molar-refractivity contribution in [3.63, 3.8) is 0 Å². The third-order valence-electron chi connectivity index (χ3n) is 6.64. The van der Waals surface area contributed by atoms with Gasteiger partial charge in [-0.25, -0.2) is 15.2 Å². The van der Waals surface area contributed by atoms with E-state index >= 15 is 0 Å². The summed E-state index contributed by atoms with van der Waals surface area (Å²) in [6.07, 6.45) is 3.89. The molecule has 5 rings (SSSR count). The number of nitrogens with zero attached hydrogens (tertiary/aromatic N) is 3. The first-order valence-corrected chi connectivity index (χ1v) is 13.6. The van der Waals surface area contributed by atoms with E-state index in [0.29, 0.717) is 17.0 Å². The van der Waals surface area contributed by atoms with E-state index in [2.05, 4.69) is 25.8 Å². The number of amides is 2. The zero-order valence-electron chi connectivity index (χ0n) is 23.4. The molecule has 0 spiro atoms. The molecule has 0 saturated carbocycles. The lowest BCUT2D eigenvalue weighted by molar-refractivity contribution is -0.384. The van der Waals surface area contributed by atoms with E-state index < -0.39 is 23.0 Å². The fourth-order valence-corrected chi connectivity index (χ4v) is 4.38. The Labute approximate surface area is 251 Å². The molecule has 0 aliphatic heterocycles. The van der Waals surface area contributed by atoms with E-state index in [1.165, 1.54) is 24.7 Å². The minimum atomic E-state index is -1.01. The first-order valence-electron chi connectivity index (χ1n) is 13.6. The van der Waals surface area contributed by atoms with Gasteiger partial charge in [0.15, 0.2) is 0 Å². The Bertz CT molecular complexity index is 1760. The van der Waals surface area contributed by atoms with Crippen molar-refractivity contribution in [1.29, 1.82) is 0 Å². The summed E-state index contributed by atoms with van der Waals surface area (Å²) in [5.41, 5.74) is 5.31. The van der Waals surface area contributed by atoms with Crippen molar-refractivity contribution in [2.75, 3.05) is 0 Å². The number of imidazole rings is 1. The van der Waals surface area contributed by atoms with E-state index in [1.807, 2.05) is 60.7 Å². The van der Waals surface area contributed by atoms with Gasteiger partial charge in [-0.1, -0.05) is 60.7 Å². The summed E-state index contributed by atoms with van der Waals surface area (Å²) in [4.78, 5) is 43.2. The molecule has 0 aliphatic carbocycles. The van der Waals surface area contributed by atoms with Crippen LogP contribution in [0.2, 0.25) is 0 Å². The van der Waals surface area contributed by atoms with Crippen molar-refractivity contribution in [2.24, 2.45) is 5.10 Å². The van der Waals surface area contributed by atoms with Gasteiger partial charge in [-0.05, 0) is 40.1 Å². The highest BCUT2D eigenvalue weighted by Crippen LogP contribution is 2.27. The molecule has 12 heteroatoms. The average Bonchev–Trinajstić information content (AvgIpc) is 3.57. The van der Waals surface area contributed by atoms with Gasteiger partial charge in [-0.3, -0.25) is 14.9 Å². The number of aromatic nitrogens is 2. The van der Waals surface area contributed by atoms with Crippen LogP contribution in [0.25, 0.3) is 10.8 Å². The van der Waals surface area contributed by atoms with Gasteiger partial charge < -0.3 is 19.8 Å². The fraction of sp³-hybridized carbons (Fsp3) is 0.125. The Morgan fingerprint density at radius 1 is 0.955 bits per heavy atom. The average molecular weight is 593 g/mol. The van der Waals surface area contributed by atoms with Crippen LogP contribution in [-0.4, -0.2) is 39.1 Å². The molecule has 0 bridgehead atoms. The molecule has 5 aromatic rings. The number of nitro benzene ring substituents is 1. The Morgan fingerprint density at radius 2 is 1.70 bits per heavy atom. The number of rotatable bonds is 12. The Morgan fingerprint density at radius 3 is 2.45 bits per heavy atom. The van der Waals surface area contributed by atoms with Crippen LogP contribution in [0.1, 0.15) is 22.4 Å². The SMILES string of the molecule is O=C(N[C@@H](Cc1cnc[nH]1)C(=O)N/N=C\c1c(OCc2ccc([N+](=O)[O-])cc2)ccc2ccccc12)OCc1ccccc1. The number of non-ortho nitro benzene ring substituents is 1. The fourth-order valence-electron chi connectivity index (χ4n) is 4.38. The molecule has 0 radical (unpaired) electrons. The quantitative estimate of drug-likeness (QED) is 0.104. The number of hydrazone groups is 1. The van der Waals surface area contributed by atoms with E-state index in [9.17, 15) is 19.7 Å². The second kappa shape index (κ2) is 14.2. The maximum Gasteiger partial charge on any atom is 0.408 e. The number of carbonyl (C=O) groups is 2. The van der Waals surface area contributed by atoms with E-state index in [-0.39, 0.29) is 25.3 Å². The van der Waals surface area contributed by atoms with Gasteiger partial charge in [0.25, 0.3) is 11.6 Å². The second-order valence-electron chi connectivity index (χ2n) is 9.68. The highest BCUT2D eigenvalue weighted by atomic mass is 16.6. The number of aromatic amines is 1. The number of nitro groups is 1. The van der Waals surface area contributed by atoms with Crippen LogP contribution in [0, 0.1) is 10.1 Å². The zero-order chi connectivity index (χ0) is 30.7. The summed E-state index contributed by atoms with van der Waals surface area (Å²) in [5, 5.41) is 19.5. The summed E-state index contributed by atoms with van der Waals surface area (Å²) in [6.45, 7) is 0.206. The molecule has 2 amide bonds. The highest BCUT2D eigenvalue weighted by molar-refractivity contribution is 6.02. The number of fused-ring (bicyclic) bond motifs is 1. The summed E-state index contributed by atoms with van der Waals surface area (Å²) in [5.74, 6) is -0.0715. The minimum Gasteiger partial charge on any atom is -0.488 e. The summed E-state index contributed by atoms with van der Waals surface area (Å²) < 4.78 is 11.4. The van der Waals surface area contributed by atoms with Crippen LogP contribution in [-0.2, 0) is 29.2 Å². The van der Waals surface area contributed by atoms with Crippen LogP contribution in [0.4, 0.5) is 10.5 Å². The van der Waals surface area contributed by atoms with Crippen molar-refractivity contribution in [1.82, 2.24) is 20.7 Å². The standard InChI is InChI=1S/C32H28N6O6/c39-31(29(16-25-17-33-21-34-25)36-32(40)44-20-22-6-2-1-3-7-22)37-35-18-28-27-9-5-4-8-24(27)12-15-30(28)43-19-23-10-13-26(14-11-23)38(41)42/h1-15,17-18,21,29H,16,19-20H2,(H,33,34)(H,36,40)(H,37,39)/b35-18-/t29-/m0/s1. The third-order valence-corrected chi connectivity index (χ3v) is 6.64. The summed E-state index contributed by atoms with van der Waals surface area (Å²) in [6, 6.07) is 25.6. The number of hydrogen-bond donors (Lipinski definition) is 3. The Balaban J connectivity index is 1.29.